The summed E-state index contributed by atoms with van der Waals surface area (Å²) >= 11 is 0. The third kappa shape index (κ3) is 4.90. The number of oxime groups is 1. The number of hydrogen-bond acceptors (Lipinski definition) is 8. The van der Waals surface area contributed by atoms with Crippen molar-refractivity contribution in [3.8, 4) is 23.0 Å². The smallest absolute Gasteiger partial charge is 0.365 e. The first-order valence-electron chi connectivity index (χ1n) is 10.8. The Morgan fingerprint density at radius 1 is 0.750 bits per heavy atom. The van der Waals surface area contributed by atoms with Crippen molar-refractivity contribution < 1.29 is 33.0 Å². The minimum Gasteiger partial charge on any atom is -0.493 e. The molecule has 0 aliphatic carbocycles. The fraction of sp³-hybridized carbons (Fsp3) is 0.148. The quantitative estimate of drug-likeness (QED) is 0.195. The van der Waals surface area contributed by atoms with Crippen molar-refractivity contribution in [3.63, 3.8) is 0 Å². The molecule has 1 aromatic heterocycles. The molecule has 0 unspecified atom stereocenters. The van der Waals surface area contributed by atoms with E-state index >= 15 is 0 Å². The highest BCUT2D eigenvalue weighted by Crippen LogP contribution is 2.35. The maximum atomic E-state index is 13.3. The largest absolute Gasteiger partial charge is 0.493 e. The SMILES string of the molecule is COc1ccc(/C(=N/OC(=O)c2ccc(F)cc2)c2nccc3cc(OC)c(OC)cc23)cc1OC. The van der Waals surface area contributed by atoms with Crippen molar-refractivity contribution >= 4 is 22.5 Å². The number of halogens is 1. The van der Waals surface area contributed by atoms with Crippen molar-refractivity contribution in [2.75, 3.05) is 28.4 Å². The summed E-state index contributed by atoms with van der Waals surface area (Å²) in [5, 5.41) is 5.67. The van der Waals surface area contributed by atoms with Gasteiger partial charge in [0.2, 0.25) is 0 Å². The molecule has 0 bridgehead atoms. The molecule has 1 heterocycles. The highest BCUT2D eigenvalue weighted by molar-refractivity contribution is 6.18. The first-order valence-corrected chi connectivity index (χ1v) is 10.8. The number of hydrogen-bond donors (Lipinski definition) is 0. The van der Waals surface area contributed by atoms with E-state index in [0.29, 0.717) is 39.6 Å². The van der Waals surface area contributed by atoms with Gasteiger partial charge in [0, 0.05) is 17.1 Å². The number of fused-ring (bicyclic) bond motifs is 1. The van der Waals surface area contributed by atoms with Gasteiger partial charge in [0.25, 0.3) is 0 Å². The van der Waals surface area contributed by atoms with E-state index in [4.69, 9.17) is 23.8 Å². The Morgan fingerprint density at radius 2 is 1.36 bits per heavy atom. The summed E-state index contributed by atoms with van der Waals surface area (Å²) in [6.45, 7) is 0. The van der Waals surface area contributed by atoms with Crippen LogP contribution in [-0.2, 0) is 4.84 Å². The second kappa shape index (κ2) is 10.7. The summed E-state index contributed by atoms with van der Waals surface area (Å²) in [5.41, 5.74) is 1.37. The van der Waals surface area contributed by atoms with E-state index in [1.807, 2.05) is 12.1 Å². The first-order chi connectivity index (χ1) is 17.5. The van der Waals surface area contributed by atoms with Crippen LogP contribution >= 0.6 is 0 Å². The van der Waals surface area contributed by atoms with Crippen LogP contribution in [0.5, 0.6) is 23.0 Å². The minimum absolute atomic E-state index is 0.143. The molecule has 0 fully saturated rings. The van der Waals surface area contributed by atoms with E-state index < -0.39 is 11.8 Å². The number of pyridine rings is 1. The number of carbonyl (C=O) groups is 1. The van der Waals surface area contributed by atoms with Gasteiger partial charge >= 0.3 is 5.97 Å². The van der Waals surface area contributed by atoms with Crippen molar-refractivity contribution in [1.82, 2.24) is 4.98 Å². The van der Waals surface area contributed by atoms with Crippen LogP contribution in [0.15, 0.2) is 72.0 Å². The molecule has 0 amide bonds. The summed E-state index contributed by atoms with van der Waals surface area (Å²) < 4.78 is 35.0. The van der Waals surface area contributed by atoms with Crippen LogP contribution in [0.25, 0.3) is 10.8 Å². The number of benzene rings is 3. The molecule has 4 rings (SSSR count). The fourth-order valence-electron chi connectivity index (χ4n) is 3.63. The van der Waals surface area contributed by atoms with Gasteiger partial charge in [-0.15, -0.1) is 0 Å². The maximum absolute atomic E-state index is 13.3. The molecular formula is C27H23FN2O6. The molecule has 36 heavy (non-hydrogen) atoms. The lowest BCUT2D eigenvalue weighted by atomic mass is 10.0. The van der Waals surface area contributed by atoms with Crippen LogP contribution in [0.4, 0.5) is 4.39 Å². The summed E-state index contributed by atoms with van der Waals surface area (Å²) in [5.74, 6) is 0.787. The number of methoxy groups -OCH3 is 4. The molecule has 3 aromatic carbocycles. The Balaban J connectivity index is 1.88. The lowest BCUT2D eigenvalue weighted by molar-refractivity contribution is 0.0517. The zero-order valence-electron chi connectivity index (χ0n) is 20.1. The molecule has 184 valence electrons. The predicted molar refractivity (Wildman–Crippen MR) is 132 cm³/mol. The molecule has 9 heteroatoms. The van der Waals surface area contributed by atoms with Crippen LogP contribution < -0.4 is 18.9 Å². The second-order valence-electron chi connectivity index (χ2n) is 7.48. The van der Waals surface area contributed by atoms with Crippen LogP contribution in [0, 0.1) is 5.82 Å². The number of aromatic nitrogens is 1. The van der Waals surface area contributed by atoms with Crippen molar-refractivity contribution in [1.29, 1.82) is 0 Å². The van der Waals surface area contributed by atoms with Crippen LogP contribution in [-0.4, -0.2) is 45.1 Å². The van der Waals surface area contributed by atoms with Gasteiger partial charge in [-0.25, -0.2) is 9.18 Å². The monoisotopic (exact) mass is 490 g/mol. The first kappa shape index (κ1) is 24.5. The van der Waals surface area contributed by atoms with Gasteiger partial charge in [0.1, 0.15) is 17.2 Å². The van der Waals surface area contributed by atoms with E-state index in [1.54, 1.807) is 37.6 Å². The third-order valence-corrected chi connectivity index (χ3v) is 5.45. The van der Waals surface area contributed by atoms with Gasteiger partial charge in [0.15, 0.2) is 23.0 Å². The van der Waals surface area contributed by atoms with E-state index in [1.165, 1.54) is 45.6 Å². The maximum Gasteiger partial charge on any atom is 0.365 e. The number of nitrogens with zero attached hydrogens (tertiary/aromatic N) is 2. The molecule has 0 spiro atoms. The average Bonchev–Trinajstić information content (AvgIpc) is 2.92. The van der Waals surface area contributed by atoms with E-state index in [9.17, 15) is 9.18 Å². The summed E-state index contributed by atoms with van der Waals surface area (Å²) in [7, 11) is 6.13. The Hall–Kier alpha value is -4.66. The van der Waals surface area contributed by atoms with Crippen molar-refractivity contribution in [2.45, 2.75) is 0 Å². The van der Waals surface area contributed by atoms with E-state index in [2.05, 4.69) is 10.1 Å². The van der Waals surface area contributed by atoms with E-state index in [0.717, 1.165) is 5.39 Å². The normalized spacial score (nSPS) is 11.2. The highest BCUT2D eigenvalue weighted by atomic mass is 19.1. The Bertz CT molecular complexity index is 1440. The number of ether oxygens (including phenoxy) is 4. The molecule has 0 saturated carbocycles. The Labute approximate surface area is 206 Å². The third-order valence-electron chi connectivity index (χ3n) is 5.45. The molecule has 0 atom stereocenters. The van der Waals surface area contributed by atoms with Crippen LogP contribution in [0.3, 0.4) is 0 Å². The second-order valence-corrected chi connectivity index (χ2v) is 7.48. The Morgan fingerprint density at radius 3 is 2.03 bits per heavy atom. The molecule has 0 saturated heterocycles. The molecular weight excluding hydrogens is 467 g/mol. The van der Waals surface area contributed by atoms with Gasteiger partial charge in [0.05, 0.1) is 34.0 Å². The lowest BCUT2D eigenvalue weighted by Gasteiger charge is -2.14. The van der Waals surface area contributed by atoms with Crippen LogP contribution in [0.1, 0.15) is 21.6 Å². The molecule has 8 nitrogen and oxygen atoms in total. The zero-order chi connectivity index (χ0) is 25.7. The lowest BCUT2D eigenvalue weighted by Crippen LogP contribution is -2.11. The average molecular weight is 490 g/mol. The topological polar surface area (TPSA) is 88.5 Å². The summed E-state index contributed by atoms with van der Waals surface area (Å²) in [6, 6.07) is 15.5. The fourth-order valence-corrected chi connectivity index (χ4v) is 3.63. The standard InChI is InChI=1S/C27H23FN2O6/c1-32-21-10-7-18(14-22(21)33-2)25(30-36-27(31)16-5-8-19(28)9-6-16)26-20-15-24(35-4)23(34-3)13-17(20)11-12-29-26/h5-15H,1-4H3/b30-25-. The predicted octanol–water partition coefficient (Wildman–Crippen LogP) is 5.02. The molecule has 0 aliphatic rings. The van der Waals surface area contributed by atoms with Gasteiger partial charge in [-0.1, -0.05) is 5.16 Å². The minimum atomic E-state index is -0.757. The van der Waals surface area contributed by atoms with Gasteiger partial charge in [-0.05, 0) is 66.0 Å². The molecule has 0 aliphatic heterocycles. The molecule has 0 N–H and O–H groups in total. The zero-order valence-corrected chi connectivity index (χ0v) is 20.1. The Kier molecular flexibility index (Phi) is 7.29. The van der Waals surface area contributed by atoms with Gasteiger partial charge in [-0.3, -0.25) is 4.98 Å². The van der Waals surface area contributed by atoms with Crippen molar-refractivity contribution in [3.05, 3.63) is 89.5 Å². The number of rotatable bonds is 8. The van der Waals surface area contributed by atoms with Gasteiger partial charge in [-0.2, -0.15) is 0 Å². The van der Waals surface area contributed by atoms with E-state index in [-0.39, 0.29) is 11.3 Å². The number of carbonyl (C=O) groups excluding carboxylic acids is 1. The molecule has 4 aromatic rings. The summed E-state index contributed by atoms with van der Waals surface area (Å²) in [6.07, 6.45) is 1.61. The summed E-state index contributed by atoms with van der Waals surface area (Å²) in [4.78, 5) is 22.5. The molecule has 0 radical (unpaired) electrons. The van der Waals surface area contributed by atoms with Crippen LogP contribution in [0.2, 0.25) is 0 Å². The van der Waals surface area contributed by atoms with Gasteiger partial charge < -0.3 is 23.8 Å². The highest BCUT2D eigenvalue weighted by Gasteiger charge is 2.19. The van der Waals surface area contributed by atoms with Crippen molar-refractivity contribution in [2.24, 2.45) is 5.16 Å².